The van der Waals surface area contributed by atoms with Gasteiger partial charge in [0.25, 0.3) is 5.56 Å². The Morgan fingerprint density at radius 2 is 2.06 bits per heavy atom. The van der Waals surface area contributed by atoms with Gasteiger partial charge in [0.05, 0.1) is 7.11 Å². The Kier molecular flexibility index (Phi) is 2.59. The number of pyridine rings is 1. The van der Waals surface area contributed by atoms with E-state index in [4.69, 9.17) is 9.84 Å². The molecular weight excluding hydrogens is 222 g/mol. The molecule has 0 spiro atoms. The van der Waals surface area contributed by atoms with Crippen molar-refractivity contribution in [2.45, 2.75) is 0 Å². The van der Waals surface area contributed by atoms with Gasteiger partial charge in [-0.1, -0.05) is 0 Å². The van der Waals surface area contributed by atoms with Gasteiger partial charge >= 0.3 is 5.97 Å². The van der Waals surface area contributed by atoms with Crippen molar-refractivity contribution in [3.63, 3.8) is 0 Å². The zero-order valence-electron chi connectivity index (χ0n) is 9.43. The number of ether oxygens (including phenoxy) is 1. The summed E-state index contributed by atoms with van der Waals surface area (Å²) in [5.74, 6) is -0.545. The highest BCUT2D eigenvalue weighted by molar-refractivity contribution is 5.92. The lowest BCUT2D eigenvalue weighted by atomic mass is 10.1. The van der Waals surface area contributed by atoms with Crippen molar-refractivity contribution in [2.75, 3.05) is 7.11 Å². The van der Waals surface area contributed by atoms with Crippen molar-refractivity contribution < 1.29 is 14.6 Å². The number of rotatable bonds is 2. The first-order chi connectivity index (χ1) is 8.04. The highest BCUT2D eigenvalue weighted by Crippen LogP contribution is 2.19. The maximum absolute atomic E-state index is 11.9. The summed E-state index contributed by atoms with van der Waals surface area (Å²) in [6.07, 6.45) is 0. The molecule has 0 amide bonds. The van der Waals surface area contributed by atoms with Crippen molar-refractivity contribution in [3.05, 3.63) is 40.3 Å². The van der Waals surface area contributed by atoms with Gasteiger partial charge in [-0.25, -0.2) is 4.79 Å². The van der Waals surface area contributed by atoms with E-state index in [0.29, 0.717) is 16.5 Å². The number of hydrogen-bond donors (Lipinski definition) is 1. The molecule has 0 saturated heterocycles. The standard InChI is InChI=1S/C12H11NO4/c1-13-10(12(15)16)6-7-5-8(17-2)3-4-9(7)11(13)14/h3-6H,1-2H3,(H,15,16). The molecule has 0 aliphatic carbocycles. The third-order valence-corrected chi connectivity index (χ3v) is 2.67. The normalized spacial score (nSPS) is 10.5. The van der Waals surface area contributed by atoms with Crippen LogP contribution in [0.2, 0.25) is 0 Å². The van der Waals surface area contributed by atoms with Gasteiger partial charge in [-0.15, -0.1) is 0 Å². The quantitative estimate of drug-likeness (QED) is 0.847. The van der Waals surface area contributed by atoms with Crippen LogP contribution in [0.1, 0.15) is 10.5 Å². The number of methoxy groups -OCH3 is 1. The van der Waals surface area contributed by atoms with E-state index in [1.165, 1.54) is 20.2 Å². The average molecular weight is 233 g/mol. The topological polar surface area (TPSA) is 68.5 Å². The fourth-order valence-corrected chi connectivity index (χ4v) is 1.72. The van der Waals surface area contributed by atoms with E-state index in [-0.39, 0.29) is 11.3 Å². The first-order valence-electron chi connectivity index (χ1n) is 4.95. The van der Waals surface area contributed by atoms with Gasteiger partial charge < -0.3 is 14.4 Å². The van der Waals surface area contributed by atoms with Gasteiger partial charge in [0.15, 0.2) is 0 Å². The van der Waals surface area contributed by atoms with Crippen LogP contribution in [-0.4, -0.2) is 22.8 Å². The molecule has 0 radical (unpaired) electrons. The van der Waals surface area contributed by atoms with Crippen molar-refractivity contribution in [1.82, 2.24) is 4.57 Å². The van der Waals surface area contributed by atoms with Gasteiger partial charge in [-0.3, -0.25) is 4.79 Å². The van der Waals surface area contributed by atoms with Crippen LogP contribution in [0, 0.1) is 0 Å². The van der Waals surface area contributed by atoms with Crippen LogP contribution in [0.5, 0.6) is 5.75 Å². The molecule has 0 saturated carbocycles. The summed E-state index contributed by atoms with van der Waals surface area (Å²) in [5, 5.41) is 10.0. The maximum Gasteiger partial charge on any atom is 0.352 e. The van der Waals surface area contributed by atoms with Crippen molar-refractivity contribution in [2.24, 2.45) is 7.05 Å². The summed E-state index contributed by atoms with van der Waals surface area (Å²) in [5.41, 5.74) is -0.377. The molecule has 5 heteroatoms. The van der Waals surface area contributed by atoms with E-state index in [1.807, 2.05) is 0 Å². The SMILES string of the molecule is COc1ccc2c(=O)n(C)c(C(=O)O)cc2c1. The molecule has 0 bridgehead atoms. The van der Waals surface area contributed by atoms with Crippen LogP contribution >= 0.6 is 0 Å². The Morgan fingerprint density at radius 3 is 2.65 bits per heavy atom. The number of nitrogens with zero attached hydrogens (tertiary/aromatic N) is 1. The molecule has 0 atom stereocenters. The van der Waals surface area contributed by atoms with E-state index in [9.17, 15) is 9.59 Å². The maximum atomic E-state index is 11.9. The number of carboxylic acids is 1. The minimum atomic E-state index is -1.13. The average Bonchev–Trinajstić information content (AvgIpc) is 2.32. The summed E-state index contributed by atoms with van der Waals surface area (Å²) in [7, 11) is 2.95. The monoisotopic (exact) mass is 233 g/mol. The van der Waals surface area contributed by atoms with Gasteiger partial charge in [0, 0.05) is 12.4 Å². The summed E-state index contributed by atoms with van der Waals surface area (Å²) >= 11 is 0. The largest absolute Gasteiger partial charge is 0.497 e. The first kappa shape index (κ1) is 11.2. The molecule has 17 heavy (non-hydrogen) atoms. The molecule has 2 aromatic rings. The van der Waals surface area contributed by atoms with Gasteiger partial charge in [0.1, 0.15) is 11.4 Å². The Morgan fingerprint density at radius 1 is 1.35 bits per heavy atom. The second-order valence-corrected chi connectivity index (χ2v) is 3.65. The zero-order chi connectivity index (χ0) is 12.6. The summed E-state index contributed by atoms with van der Waals surface area (Å²) < 4.78 is 6.16. The van der Waals surface area contributed by atoms with Gasteiger partial charge in [-0.2, -0.15) is 0 Å². The summed E-state index contributed by atoms with van der Waals surface area (Å²) in [6, 6.07) is 6.40. The molecule has 1 heterocycles. The third-order valence-electron chi connectivity index (χ3n) is 2.67. The number of fused-ring (bicyclic) bond motifs is 1. The second-order valence-electron chi connectivity index (χ2n) is 3.65. The molecule has 1 N–H and O–H groups in total. The van der Waals surface area contributed by atoms with E-state index in [2.05, 4.69) is 0 Å². The molecule has 0 aliphatic rings. The lowest BCUT2D eigenvalue weighted by Crippen LogP contribution is -2.23. The Hall–Kier alpha value is -2.30. The molecule has 0 fully saturated rings. The smallest absolute Gasteiger partial charge is 0.352 e. The molecule has 1 aromatic carbocycles. The van der Waals surface area contributed by atoms with Crippen LogP contribution in [0.4, 0.5) is 0 Å². The fraction of sp³-hybridized carbons (Fsp3) is 0.167. The van der Waals surface area contributed by atoms with E-state index >= 15 is 0 Å². The minimum Gasteiger partial charge on any atom is -0.497 e. The molecule has 0 unspecified atom stereocenters. The summed E-state index contributed by atoms with van der Waals surface area (Å²) in [4.78, 5) is 22.9. The van der Waals surface area contributed by atoms with E-state index in [1.54, 1.807) is 18.2 Å². The minimum absolute atomic E-state index is 0.0456. The van der Waals surface area contributed by atoms with Crippen LogP contribution in [0.25, 0.3) is 10.8 Å². The lowest BCUT2D eigenvalue weighted by molar-refractivity contribution is 0.0685. The van der Waals surface area contributed by atoms with Crippen molar-refractivity contribution in [3.8, 4) is 5.75 Å². The Labute approximate surface area is 96.9 Å². The van der Waals surface area contributed by atoms with Crippen LogP contribution in [0.3, 0.4) is 0 Å². The predicted molar refractivity (Wildman–Crippen MR) is 62.7 cm³/mol. The van der Waals surface area contributed by atoms with Crippen LogP contribution < -0.4 is 10.3 Å². The Balaban J connectivity index is 2.86. The molecule has 5 nitrogen and oxygen atoms in total. The predicted octanol–water partition coefficient (Wildman–Crippen LogP) is 1.25. The molecular formula is C12H11NO4. The van der Waals surface area contributed by atoms with Crippen LogP contribution in [0.15, 0.2) is 29.1 Å². The van der Waals surface area contributed by atoms with Gasteiger partial charge in [-0.05, 0) is 29.7 Å². The fourth-order valence-electron chi connectivity index (χ4n) is 1.72. The number of aromatic nitrogens is 1. The number of carboxylic acid groups (broad SMARTS) is 1. The molecule has 2 rings (SSSR count). The lowest BCUT2D eigenvalue weighted by Gasteiger charge is -2.07. The number of benzene rings is 1. The summed E-state index contributed by atoms with van der Waals surface area (Å²) in [6.45, 7) is 0. The van der Waals surface area contributed by atoms with Crippen molar-refractivity contribution in [1.29, 1.82) is 0 Å². The van der Waals surface area contributed by atoms with Gasteiger partial charge in [0.2, 0.25) is 0 Å². The Bertz CT molecular complexity index is 657. The number of carbonyl (C=O) groups is 1. The van der Waals surface area contributed by atoms with Crippen molar-refractivity contribution >= 4 is 16.7 Å². The van der Waals surface area contributed by atoms with E-state index in [0.717, 1.165) is 4.57 Å². The third kappa shape index (κ3) is 1.75. The van der Waals surface area contributed by atoms with E-state index < -0.39 is 5.97 Å². The molecule has 0 aliphatic heterocycles. The molecule has 88 valence electrons. The second kappa shape index (κ2) is 3.93. The zero-order valence-corrected chi connectivity index (χ0v) is 9.43. The first-order valence-corrected chi connectivity index (χ1v) is 4.95. The highest BCUT2D eigenvalue weighted by Gasteiger charge is 2.12. The number of hydrogen-bond acceptors (Lipinski definition) is 3. The number of aromatic carboxylic acids is 1. The van der Waals surface area contributed by atoms with Crippen LogP contribution in [-0.2, 0) is 7.05 Å². The highest BCUT2D eigenvalue weighted by atomic mass is 16.5. The molecule has 1 aromatic heterocycles.